The normalized spacial score (nSPS) is 15.3. The molecule has 0 radical (unpaired) electrons. The third kappa shape index (κ3) is 5.22. The Morgan fingerprint density at radius 2 is 1.93 bits per heavy atom. The second kappa shape index (κ2) is 6.82. The van der Waals surface area contributed by atoms with Crippen LogP contribution in [0.2, 0.25) is 0 Å². The van der Waals surface area contributed by atoms with Gasteiger partial charge in [-0.2, -0.15) is 0 Å². The second-order valence-electron chi connectivity index (χ2n) is 4.29. The first-order valence-corrected chi connectivity index (χ1v) is 5.55. The Hall–Kier alpha value is -0.570. The molecule has 3 heteroatoms. The van der Waals surface area contributed by atoms with Gasteiger partial charge in [0.25, 0.3) is 0 Å². The minimum Gasteiger partial charge on any atom is -0.352 e. The van der Waals surface area contributed by atoms with Crippen LogP contribution in [0.5, 0.6) is 0 Å². The Morgan fingerprint density at radius 1 is 1.36 bits per heavy atom. The maximum Gasteiger partial charge on any atom is 0.237 e. The third-order valence-corrected chi connectivity index (χ3v) is 2.58. The van der Waals surface area contributed by atoms with E-state index in [9.17, 15) is 4.79 Å². The van der Waals surface area contributed by atoms with Crippen LogP contribution < -0.4 is 11.1 Å². The average Bonchev–Trinajstić information content (AvgIpc) is 2.13. The summed E-state index contributed by atoms with van der Waals surface area (Å²) in [6, 6.07) is -0.133. The summed E-state index contributed by atoms with van der Waals surface area (Å²) in [5.41, 5.74) is 5.74. The lowest BCUT2D eigenvalue weighted by Crippen LogP contribution is -2.45. The van der Waals surface area contributed by atoms with Crippen molar-refractivity contribution in [2.45, 2.75) is 59.0 Å². The summed E-state index contributed by atoms with van der Waals surface area (Å²) in [4.78, 5) is 11.5. The van der Waals surface area contributed by atoms with Crippen LogP contribution in [-0.4, -0.2) is 18.0 Å². The standard InChI is InChI=1S/C11H24N2O/c1-5-6-7-10(12)11(14)13-9(4)8(2)3/h8-10H,5-7,12H2,1-4H3,(H,13,14)/t9?,10-/m0/s1. The first-order chi connectivity index (χ1) is 6.49. The van der Waals surface area contributed by atoms with E-state index in [1.807, 2.05) is 6.92 Å². The fraction of sp³-hybridized carbons (Fsp3) is 0.909. The average molecular weight is 200 g/mol. The van der Waals surface area contributed by atoms with Crippen LogP contribution in [0.15, 0.2) is 0 Å². The van der Waals surface area contributed by atoms with Crippen LogP contribution in [0.4, 0.5) is 0 Å². The second-order valence-corrected chi connectivity index (χ2v) is 4.29. The van der Waals surface area contributed by atoms with Crippen molar-refractivity contribution in [1.82, 2.24) is 5.32 Å². The molecule has 0 rings (SSSR count). The van der Waals surface area contributed by atoms with E-state index in [4.69, 9.17) is 5.73 Å². The van der Waals surface area contributed by atoms with Gasteiger partial charge in [0.1, 0.15) is 0 Å². The molecule has 2 atom stereocenters. The Balaban J connectivity index is 3.82. The SMILES string of the molecule is CCCC[C@H](N)C(=O)NC(C)C(C)C. The minimum atomic E-state index is -0.337. The number of hydrogen-bond donors (Lipinski definition) is 2. The van der Waals surface area contributed by atoms with Gasteiger partial charge in [0.05, 0.1) is 6.04 Å². The topological polar surface area (TPSA) is 55.1 Å². The van der Waals surface area contributed by atoms with E-state index in [1.54, 1.807) is 0 Å². The molecule has 0 fully saturated rings. The summed E-state index contributed by atoms with van der Waals surface area (Å²) in [5.74, 6) is 0.442. The van der Waals surface area contributed by atoms with Gasteiger partial charge >= 0.3 is 0 Å². The highest BCUT2D eigenvalue weighted by atomic mass is 16.2. The van der Waals surface area contributed by atoms with Crippen LogP contribution in [0, 0.1) is 5.92 Å². The molecule has 0 bridgehead atoms. The van der Waals surface area contributed by atoms with Crippen LogP contribution in [0.3, 0.4) is 0 Å². The lowest BCUT2D eigenvalue weighted by molar-refractivity contribution is -0.123. The predicted octanol–water partition coefficient (Wildman–Crippen LogP) is 1.66. The van der Waals surface area contributed by atoms with Gasteiger partial charge in [-0.3, -0.25) is 4.79 Å². The summed E-state index contributed by atoms with van der Waals surface area (Å²) in [5, 5.41) is 2.92. The quantitative estimate of drug-likeness (QED) is 0.685. The van der Waals surface area contributed by atoms with Crippen molar-refractivity contribution in [2.24, 2.45) is 11.7 Å². The monoisotopic (exact) mass is 200 g/mol. The molecule has 0 saturated carbocycles. The Morgan fingerprint density at radius 3 is 2.36 bits per heavy atom. The number of hydrogen-bond acceptors (Lipinski definition) is 2. The van der Waals surface area contributed by atoms with Gasteiger partial charge in [0, 0.05) is 6.04 Å². The lowest BCUT2D eigenvalue weighted by atomic mass is 10.1. The molecule has 0 aliphatic rings. The van der Waals surface area contributed by atoms with Crippen molar-refractivity contribution in [3.8, 4) is 0 Å². The maximum absolute atomic E-state index is 11.5. The van der Waals surface area contributed by atoms with E-state index in [0.717, 1.165) is 19.3 Å². The number of rotatable bonds is 6. The smallest absolute Gasteiger partial charge is 0.237 e. The van der Waals surface area contributed by atoms with Gasteiger partial charge in [-0.05, 0) is 19.3 Å². The van der Waals surface area contributed by atoms with Crippen molar-refractivity contribution >= 4 is 5.91 Å². The fourth-order valence-electron chi connectivity index (χ4n) is 1.05. The Kier molecular flexibility index (Phi) is 6.54. The number of nitrogens with two attached hydrogens (primary N) is 1. The molecule has 0 aromatic carbocycles. The van der Waals surface area contributed by atoms with Gasteiger partial charge in [-0.25, -0.2) is 0 Å². The molecule has 3 nitrogen and oxygen atoms in total. The van der Waals surface area contributed by atoms with E-state index >= 15 is 0 Å². The zero-order chi connectivity index (χ0) is 11.1. The third-order valence-electron chi connectivity index (χ3n) is 2.58. The number of carbonyl (C=O) groups is 1. The lowest BCUT2D eigenvalue weighted by Gasteiger charge is -2.20. The van der Waals surface area contributed by atoms with Crippen molar-refractivity contribution < 1.29 is 4.79 Å². The molecule has 0 spiro atoms. The molecular weight excluding hydrogens is 176 g/mol. The molecule has 0 saturated heterocycles. The van der Waals surface area contributed by atoms with E-state index < -0.39 is 0 Å². The number of unbranched alkanes of at least 4 members (excludes halogenated alkanes) is 1. The molecule has 0 aromatic heterocycles. The molecule has 0 heterocycles. The van der Waals surface area contributed by atoms with Crippen molar-refractivity contribution in [2.75, 3.05) is 0 Å². The van der Waals surface area contributed by atoms with Crippen LogP contribution >= 0.6 is 0 Å². The summed E-state index contributed by atoms with van der Waals surface area (Å²) in [6.45, 7) is 8.28. The molecule has 3 N–H and O–H groups in total. The molecule has 1 amide bonds. The van der Waals surface area contributed by atoms with Crippen molar-refractivity contribution in [3.63, 3.8) is 0 Å². The molecule has 0 aliphatic heterocycles. The molecular formula is C11H24N2O. The molecule has 84 valence electrons. The van der Waals surface area contributed by atoms with Gasteiger partial charge in [-0.15, -0.1) is 0 Å². The summed E-state index contributed by atoms with van der Waals surface area (Å²) < 4.78 is 0. The summed E-state index contributed by atoms with van der Waals surface area (Å²) >= 11 is 0. The number of carbonyl (C=O) groups excluding carboxylic acids is 1. The van der Waals surface area contributed by atoms with Gasteiger partial charge in [0.15, 0.2) is 0 Å². The Bertz CT molecular complexity index is 169. The highest BCUT2D eigenvalue weighted by Gasteiger charge is 2.16. The molecule has 0 aromatic rings. The fourth-order valence-corrected chi connectivity index (χ4v) is 1.05. The summed E-state index contributed by atoms with van der Waals surface area (Å²) in [7, 11) is 0. The maximum atomic E-state index is 11.5. The largest absolute Gasteiger partial charge is 0.352 e. The first kappa shape index (κ1) is 13.4. The van der Waals surface area contributed by atoms with Crippen molar-refractivity contribution in [1.29, 1.82) is 0 Å². The highest BCUT2D eigenvalue weighted by molar-refractivity contribution is 5.81. The number of amides is 1. The van der Waals surface area contributed by atoms with E-state index in [0.29, 0.717) is 5.92 Å². The van der Waals surface area contributed by atoms with Gasteiger partial charge < -0.3 is 11.1 Å². The van der Waals surface area contributed by atoms with Crippen LogP contribution in [-0.2, 0) is 4.79 Å². The molecule has 1 unspecified atom stereocenters. The van der Waals surface area contributed by atoms with E-state index in [2.05, 4.69) is 26.1 Å². The van der Waals surface area contributed by atoms with Crippen LogP contribution in [0.1, 0.15) is 47.0 Å². The van der Waals surface area contributed by atoms with Gasteiger partial charge in [0.2, 0.25) is 5.91 Å². The van der Waals surface area contributed by atoms with Crippen molar-refractivity contribution in [3.05, 3.63) is 0 Å². The predicted molar refractivity (Wildman–Crippen MR) is 59.9 cm³/mol. The zero-order valence-corrected chi connectivity index (χ0v) is 9.84. The zero-order valence-electron chi connectivity index (χ0n) is 9.84. The molecule has 0 aliphatic carbocycles. The highest BCUT2D eigenvalue weighted by Crippen LogP contribution is 2.02. The number of nitrogens with one attached hydrogen (secondary N) is 1. The first-order valence-electron chi connectivity index (χ1n) is 5.55. The van der Waals surface area contributed by atoms with Gasteiger partial charge in [-0.1, -0.05) is 33.6 Å². The van der Waals surface area contributed by atoms with Crippen LogP contribution in [0.25, 0.3) is 0 Å². The molecule has 14 heavy (non-hydrogen) atoms. The van der Waals surface area contributed by atoms with E-state index in [-0.39, 0.29) is 18.0 Å². The Labute approximate surface area is 87.4 Å². The van der Waals surface area contributed by atoms with E-state index in [1.165, 1.54) is 0 Å². The summed E-state index contributed by atoms with van der Waals surface area (Å²) in [6.07, 6.45) is 2.89. The minimum absolute atomic E-state index is 0.0142.